The maximum Gasteiger partial charge on any atom is 0.250 e. The minimum atomic E-state index is 0.374. The van der Waals surface area contributed by atoms with Gasteiger partial charge in [0.1, 0.15) is 0 Å². The van der Waals surface area contributed by atoms with Gasteiger partial charge in [0.05, 0.1) is 18.9 Å². The van der Waals surface area contributed by atoms with Crippen LogP contribution in [0.3, 0.4) is 0 Å². The summed E-state index contributed by atoms with van der Waals surface area (Å²) in [6.45, 7) is 4.70. The van der Waals surface area contributed by atoms with Crippen LogP contribution in [-0.4, -0.2) is 52.0 Å². The number of ether oxygens (including phenoxy) is 1. The molecular formula is C23H24N8O. The van der Waals surface area contributed by atoms with Gasteiger partial charge in [-0.05, 0) is 25.1 Å². The first-order valence-corrected chi connectivity index (χ1v) is 10.5. The van der Waals surface area contributed by atoms with E-state index < -0.39 is 0 Å². The minimum Gasteiger partial charge on any atom is -0.378 e. The van der Waals surface area contributed by atoms with Crippen molar-refractivity contribution in [1.29, 1.82) is 0 Å². The van der Waals surface area contributed by atoms with Gasteiger partial charge in [0.2, 0.25) is 17.8 Å². The predicted molar refractivity (Wildman–Crippen MR) is 127 cm³/mol. The van der Waals surface area contributed by atoms with Gasteiger partial charge in [-0.3, -0.25) is 0 Å². The van der Waals surface area contributed by atoms with Crippen LogP contribution in [0.1, 0.15) is 12.5 Å². The SMILES string of the molecule is C/C(=N\Nc1nc(Nc2ccccc2)nc(N2CCOCC2)n1)c1c[nH]c2ccccc12. The van der Waals surface area contributed by atoms with Gasteiger partial charge in [0.25, 0.3) is 0 Å². The number of nitrogens with zero attached hydrogens (tertiary/aromatic N) is 5. The van der Waals surface area contributed by atoms with Crippen LogP contribution in [0.5, 0.6) is 0 Å². The van der Waals surface area contributed by atoms with Crippen LogP contribution >= 0.6 is 0 Å². The molecule has 0 saturated carbocycles. The number of hydrogen-bond donors (Lipinski definition) is 3. The van der Waals surface area contributed by atoms with Crippen LogP contribution in [0.4, 0.5) is 23.5 Å². The molecule has 2 aromatic carbocycles. The largest absolute Gasteiger partial charge is 0.378 e. The lowest BCUT2D eigenvalue weighted by atomic mass is 10.1. The summed E-state index contributed by atoms with van der Waals surface area (Å²) < 4.78 is 5.46. The van der Waals surface area contributed by atoms with Crippen LogP contribution < -0.4 is 15.6 Å². The summed E-state index contributed by atoms with van der Waals surface area (Å²) >= 11 is 0. The molecule has 2 aromatic heterocycles. The van der Waals surface area contributed by atoms with Crippen molar-refractivity contribution < 1.29 is 4.74 Å². The lowest BCUT2D eigenvalue weighted by molar-refractivity contribution is 0.122. The van der Waals surface area contributed by atoms with E-state index in [1.807, 2.05) is 61.7 Å². The molecule has 9 heteroatoms. The standard InChI is InChI=1S/C23H24N8O/c1-16(19-15-24-20-10-6-5-9-18(19)20)29-30-22-26-21(25-17-7-3-2-4-8-17)27-23(28-22)31-11-13-32-14-12-31/h2-10,15,24H,11-14H2,1H3,(H2,25,26,27,28,30)/b29-16+. The van der Waals surface area contributed by atoms with E-state index >= 15 is 0 Å². The van der Waals surface area contributed by atoms with Crippen molar-refractivity contribution in [3.05, 3.63) is 66.4 Å². The van der Waals surface area contributed by atoms with E-state index in [0.717, 1.165) is 41.0 Å². The van der Waals surface area contributed by atoms with Crippen LogP contribution in [0, 0.1) is 0 Å². The number of para-hydroxylation sites is 2. The highest BCUT2D eigenvalue weighted by Gasteiger charge is 2.17. The van der Waals surface area contributed by atoms with Crippen molar-refractivity contribution in [2.24, 2.45) is 5.10 Å². The molecule has 0 bridgehead atoms. The van der Waals surface area contributed by atoms with Gasteiger partial charge >= 0.3 is 0 Å². The highest BCUT2D eigenvalue weighted by atomic mass is 16.5. The van der Waals surface area contributed by atoms with Gasteiger partial charge in [0.15, 0.2) is 0 Å². The average Bonchev–Trinajstić information content (AvgIpc) is 3.28. The molecule has 1 aliphatic heterocycles. The molecule has 3 N–H and O–H groups in total. The van der Waals surface area contributed by atoms with E-state index in [4.69, 9.17) is 4.74 Å². The molecule has 1 fully saturated rings. The number of H-pyrrole nitrogens is 1. The Bertz CT molecular complexity index is 1230. The summed E-state index contributed by atoms with van der Waals surface area (Å²) in [4.78, 5) is 19.1. The molecule has 0 spiro atoms. The lowest BCUT2D eigenvalue weighted by Gasteiger charge is -2.27. The molecule has 32 heavy (non-hydrogen) atoms. The minimum absolute atomic E-state index is 0.374. The number of hydrogen-bond acceptors (Lipinski definition) is 8. The number of benzene rings is 2. The third kappa shape index (κ3) is 4.37. The summed E-state index contributed by atoms with van der Waals surface area (Å²) in [5.74, 6) is 1.42. The number of aromatic nitrogens is 4. The third-order valence-electron chi connectivity index (χ3n) is 5.25. The molecule has 0 radical (unpaired) electrons. The lowest BCUT2D eigenvalue weighted by Crippen LogP contribution is -2.37. The van der Waals surface area contributed by atoms with E-state index in [2.05, 4.69) is 46.7 Å². The van der Waals surface area contributed by atoms with E-state index in [9.17, 15) is 0 Å². The van der Waals surface area contributed by atoms with Gasteiger partial charge in [-0.2, -0.15) is 20.1 Å². The zero-order valence-corrected chi connectivity index (χ0v) is 17.7. The zero-order chi connectivity index (χ0) is 21.8. The van der Waals surface area contributed by atoms with Gasteiger partial charge in [0, 0.05) is 41.4 Å². The Balaban J connectivity index is 1.43. The molecule has 3 heterocycles. The highest BCUT2D eigenvalue weighted by molar-refractivity contribution is 6.09. The molecule has 4 aromatic rings. The van der Waals surface area contributed by atoms with E-state index in [1.54, 1.807) is 0 Å². The van der Waals surface area contributed by atoms with E-state index in [0.29, 0.717) is 31.1 Å². The quantitative estimate of drug-likeness (QED) is 0.317. The normalized spacial score (nSPS) is 14.5. The fraction of sp³-hybridized carbons (Fsp3) is 0.217. The van der Waals surface area contributed by atoms with Crippen molar-refractivity contribution in [3.8, 4) is 0 Å². The number of rotatable bonds is 6. The second kappa shape index (κ2) is 9.03. The van der Waals surface area contributed by atoms with Gasteiger partial charge in [-0.25, -0.2) is 5.43 Å². The maximum absolute atomic E-state index is 5.46. The third-order valence-corrected chi connectivity index (χ3v) is 5.25. The van der Waals surface area contributed by atoms with Crippen LogP contribution in [-0.2, 0) is 4.74 Å². The first-order chi connectivity index (χ1) is 15.8. The Morgan fingerprint density at radius 2 is 1.72 bits per heavy atom. The van der Waals surface area contributed by atoms with Crippen LogP contribution in [0.15, 0.2) is 65.9 Å². The predicted octanol–water partition coefficient (Wildman–Crippen LogP) is 3.77. The van der Waals surface area contributed by atoms with Crippen molar-refractivity contribution in [2.75, 3.05) is 41.9 Å². The molecule has 9 nitrogen and oxygen atoms in total. The highest BCUT2D eigenvalue weighted by Crippen LogP contribution is 2.20. The molecular weight excluding hydrogens is 404 g/mol. The Morgan fingerprint density at radius 3 is 2.56 bits per heavy atom. The van der Waals surface area contributed by atoms with Gasteiger partial charge in [-0.15, -0.1) is 0 Å². The molecule has 1 aliphatic rings. The first kappa shape index (κ1) is 20.0. The van der Waals surface area contributed by atoms with E-state index in [1.165, 1.54) is 0 Å². The second-order valence-corrected chi connectivity index (χ2v) is 7.43. The summed E-state index contributed by atoms with van der Waals surface area (Å²) in [7, 11) is 0. The molecule has 0 unspecified atom stereocenters. The number of nitrogens with one attached hydrogen (secondary N) is 3. The smallest absolute Gasteiger partial charge is 0.250 e. The Morgan fingerprint density at radius 1 is 0.969 bits per heavy atom. The number of aromatic amines is 1. The number of anilines is 4. The zero-order valence-electron chi connectivity index (χ0n) is 17.7. The second-order valence-electron chi connectivity index (χ2n) is 7.43. The molecule has 5 rings (SSSR count). The Hall–Kier alpha value is -3.98. The summed E-state index contributed by atoms with van der Waals surface area (Å²) in [5, 5.41) is 8.91. The monoisotopic (exact) mass is 428 g/mol. The topological polar surface area (TPSA) is 103 Å². The van der Waals surface area contributed by atoms with Gasteiger partial charge < -0.3 is 19.9 Å². The fourth-order valence-corrected chi connectivity index (χ4v) is 3.59. The number of morpholine rings is 1. The molecule has 162 valence electrons. The summed E-state index contributed by atoms with van der Waals surface area (Å²) in [5.41, 5.74) is 6.84. The molecule has 0 aliphatic carbocycles. The van der Waals surface area contributed by atoms with Crippen molar-refractivity contribution in [1.82, 2.24) is 19.9 Å². The van der Waals surface area contributed by atoms with Crippen LogP contribution in [0.2, 0.25) is 0 Å². The van der Waals surface area contributed by atoms with Crippen molar-refractivity contribution in [2.45, 2.75) is 6.92 Å². The van der Waals surface area contributed by atoms with E-state index in [-0.39, 0.29) is 0 Å². The molecule has 0 amide bonds. The Kier molecular flexibility index (Phi) is 5.63. The van der Waals surface area contributed by atoms with Crippen molar-refractivity contribution in [3.63, 3.8) is 0 Å². The first-order valence-electron chi connectivity index (χ1n) is 10.5. The van der Waals surface area contributed by atoms with Crippen molar-refractivity contribution >= 4 is 40.1 Å². The summed E-state index contributed by atoms with van der Waals surface area (Å²) in [6.07, 6.45) is 1.96. The average molecular weight is 429 g/mol. The molecule has 0 atom stereocenters. The molecule has 1 saturated heterocycles. The number of hydrazone groups is 1. The Labute approximate surface area is 185 Å². The number of fused-ring (bicyclic) bond motifs is 1. The summed E-state index contributed by atoms with van der Waals surface area (Å²) in [6, 6.07) is 17.9. The maximum atomic E-state index is 5.46. The van der Waals surface area contributed by atoms with Crippen LogP contribution in [0.25, 0.3) is 10.9 Å². The van der Waals surface area contributed by atoms with Gasteiger partial charge in [-0.1, -0.05) is 36.4 Å². The fourth-order valence-electron chi connectivity index (χ4n) is 3.59.